The van der Waals surface area contributed by atoms with Crippen molar-refractivity contribution in [3.63, 3.8) is 0 Å². The molecule has 1 aliphatic carbocycles. The molecule has 6 rings (SSSR count). The fourth-order valence-electron chi connectivity index (χ4n) is 9.67. The minimum absolute atomic E-state index is 0. The standard InChI is InChI=1S/C49H62ClN3O11S3.3Na/c1-48(2)40-34-38(51(27-11-31-65-63-61-56)28-12-32-66-64-62-57)22-24-41(40)52(30-13-33-67(58,59)60)43(48)25-20-36-15-10-16-37(47(36)50)21-26-44-49(3,4)46-39-17-8-7-14-35(39)19-23-42(46)53(44)29-9-5-6-18-45(54)55;;;/h7-8,14,17,19-26,34H,5-6,9-13,15-16,18,27-33H2,1-4H3,(H3-,54,55,56,57,58,59,60);;;/q;3*+1/p-3. The Labute approximate surface area is 493 Å². The molecule has 0 saturated heterocycles. The Balaban J connectivity index is 0.00000432. The normalized spacial score (nSPS) is 17.2. The van der Waals surface area contributed by atoms with Crippen molar-refractivity contribution in [1.29, 1.82) is 0 Å². The van der Waals surface area contributed by atoms with Crippen molar-refractivity contribution in [1.82, 2.24) is 0 Å². The van der Waals surface area contributed by atoms with E-state index >= 15 is 0 Å². The average molecular weight is 1070 g/mol. The van der Waals surface area contributed by atoms with Gasteiger partial charge in [-0.3, -0.25) is 10.1 Å². The molecule has 3 aromatic rings. The Morgan fingerprint density at radius 1 is 0.857 bits per heavy atom. The van der Waals surface area contributed by atoms with E-state index in [2.05, 4.69) is 128 Å². The predicted molar refractivity (Wildman–Crippen MR) is 259 cm³/mol. The third kappa shape index (κ3) is 16.6. The zero-order valence-corrected chi connectivity index (χ0v) is 50.7. The van der Waals surface area contributed by atoms with Gasteiger partial charge in [-0.15, -0.1) is 0 Å². The van der Waals surface area contributed by atoms with Gasteiger partial charge < -0.3 is 34.8 Å². The molecule has 0 atom stereocenters. The van der Waals surface area contributed by atoms with E-state index < -0.39 is 27.3 Å². The average Bonchev–Trinajstić information content (AvgIpc) is 3.64. The third-order valence-corrected chi connectivity index (χ3v) is 15.3. The quantitative estimate of drug-likeness (QED) is 0.0174. The Morgan fingerprint density at radius 2 is 1.54 bits per heavy atom. The number of rotatable bonds is 26. The zero-order chi connectivity index (χ0) is 48.2. The first-order valence-electron chi connectivity index (χ1n) is 22.7. The Morgan fingerprint density at radius 3 is 2.20 bits per heavy atom. The van der Waals surface area contributed by atoms with Crippen LogP contribution in [0.25, 0.3) is 10.8 Å². The molecule has 2 aliphatic heterocycles. The number of carbonyl (C=O) groups excluding carboxylic acids is 1. The second-order valence-corrected chi connectivity index (χ2v) is 21.5. The number of carbonyl (C=O) groups is 1. The van der Waals surface area contributed by atoms with Crippen LogP contribution in [0.4, 0.5) is 17.1 Å². The molecule has 0 radical (unpaired) electrons. The number of allylic oxidation sites excluding steroid dienone is 8. The summed E-state index contributed by atoms with van der Waals surface area (Å²) in [5.41, 5.74) is 8.56. The topological polar surface area (TPSA) is 190 Å². The predicted octanol–water partition coefficient (Wildman–Crippen LogP) is -1.36. The van der Waals surface area contributed by atoms with E-state index in [1.54, 1.807) is 0 Å². The summed E-state index contributed by atoms with van der Waals surface area (Å²) in [7, 11) is -4.43. The fraction of sp³-hybridized carbons (Fsp3) is 0.469. The van der Waals surface area contributed by atoms with Gasteiger partial charge in [-0.05, 0) is 129 Å². The number of halogens is 1. The van der Waals surface area contributed by atoms with Crippen LogP contribution in [0.1, 0.15) is 103 Å². The number of carboxylic acid groups (broad SMARTS) is 1. The van der Waals surface area contributed by atoms with Crippen LogP contribution in [-0.2, 0) is 44.5 Å². The summed E-state index contributed by atoms with van der Waals surface area (Å²) in [6, 6.07) is 19.0. The van der Waals surface area contributed by atoms with Gasteiger partial charge in [0.15, 0.2) is 5.71 Å². The van der Waals surface area contributed by atoms with E-state index in [9.17, 15) is 33.4 Å². The van der Waals surface area contributed by atoms with Crippen molar-refractivity contribution in [2.75, 3.05) is 53.2 Å². The van der Waals surface area contributed by atoms with Crippen LogP contribution < -0.4 is 114 Å². The van der Waals surface area contributed by atoms with Gasteiger partial charge in [0.1, 0.15) is 6.54 Å². The summed E-state index contributed by atoms with van der Waals surface area (Å²) in [6.45, 7) is 11.1. The molecule has 0 fully saturated rings. The summed E-state index contributed by atoms with van der Waals surface area (Å²) in [5.74, 6) is -0.481. The molecule has 0 bridgehead atoms. The molecule has 364 valence electrons. The van der Waals surface area contributed by atoms with E-state index in [4.69, 9.17) is 11.6 Å². The molecule has 0 amide bonds. The molecule has 70 heavy (non-hydrogen) atoms. The summed E-state index contributed by atoms with van der Waals surface area (Å²) in [5, 5.41) is 41.8. The van der Waals surface area contributed by atoms with Gasteiger partial charge in [-0.25, -0.2) is 8.42 Å². The van der Waals surface area contributed by atoms with Crippen LogP contribution in [0.15, 0.2) is 101 Å². The van der Waals surface area contributed by atoms with E-state index in [1.165, 1.54) is 16.3 Å². The van der Waals surface area contributed by atoms with Crippen LogP contribution in [0.2, 0.25) is 0 Å². The Kier molecular flexibility index (Phi) is 27.4. The van der Waals surface area contributed by atoms with Gasteiger partial charge in [0.2, 0.25) is 5.69 Å². The second kappa shape index (κ2) is 30.1. The van der Waals surface area contributed by atoms with Crippen LogP contribution in [0, 0.1) is 0 Å². The molecule has 0 spiro atoms. The van der Waals surface area contributed by atoms with Gasteiger partial charge in [0.05, 0.1) is 15.5 Å². The SMILES string of the molecule is CC1(C)C(/C=C/C2=C(Cl)C(=C/C=C3/N(CCCS(=O)(=O)[O-])c4ccc(N(CCCSOO[O-])CCCSOO[O-])cc4C3(C)C)/CCC2)=[N+](CCCCCC(=O)[O-])c2ccc3ccccc3c21.[Na+].[Na+].[Na+]. The zero-order valence-electron chi connectivity index (χ0n) is 41.5. The second-order valence-electron chi connectivity index (χ2n) is 18.0. The van der Waals surface area contributed by atoms with Crippen LogP contribution in [-0.4, -0.2) is 72.7 Å². The van der Waals surface area contributed by atoms with E-state index in [0.717, 1.165) is 108 Å². The van der Waals surface area contributed by atoms with Gasteiger partial charge in [-0.1, -0.05) is 61.9 Å². The number of carboxylic acids is 1. The Hall–Kier alpha value is -0.720. The maximum Gasteiger partial charge on any atom is 1.00 e. The molecule has 0 unspecified atom stereocenters. The van der Waals surface area contributed by atoms with E-state index in [0.29, 0.717) is 55.4 Å². The molecule has 0 aromatic heterocycles. The first-order valence-corrected chi connectivity index (χ1v) is 26.5. The van der Waals surface area contributed by atoms with Gasteiger partial charge in [-0.2, -0.15) is 13.2 Å². The smallest absolute Gasteiger partial charge is 0.748 e. The number of aliphatic carboxylic acids is 1. The number of hydrogen-bond donors (Lipinski definition) is 0. The number of hydrogen-bond acceptors (Lipinski definition) is 15. The first-order chi connectivity index (χ1) is 32.1. The van der Waals surface area contributed by atoms with Crippen molar-refractivity contribution in [3.05, 3.63) is 112 Å². The number of benzene rings is 3. The fourth-order valence-corrected chi connectivity index (χ4v) is 11.2. The monoisotopic (exact) mass is 1070 g/mol. The maximum absolute atomic E-state index is 11.7. The maximum atomic E-state index is 11.7. The van der Waals surface area contributed by atoms with E-state index in [-0.39, 0.29) is 107 Å². The molecule has 3 aromatic carbocycles. The summed E-state index contributed by atoms with van der Waals surface area (Å²) < 4.78 is 46.5. The van der Waals surface area contributed by atoms with Crippen LogP contribution >= 0.6 is 35.7 Å². The Bertz CT molecular complexity index is 2510. The van der Waals surface area contributed by atoms with Crippen LogP contribution in [0.5, 0.6) is 0 Å². The van der Waals surface area contributed by atoms with Crippen molar-refractivity contribution in [2.45, 2.75) is 103 Å². The largest absolute Gasteiger partial charge is 1.00 e. The third-order valence-electron chi connectivity index (χ3n) is 12.8. The van der Waals surface area contributed by atoms with Gasteiger partial charge in [0.25, 0.3) is 0 Å². The molecule has 2 heterocycles. The summed E-state index contributed by atoms with van der Waals surface area (Å²) in [6.07, 6.45) is 14.7. The number of nitrogens with zero attached hydrogens (tertiary/aromatic N) is 3. The molecule has 21 heteroatoms. The molecule has 0 saturated carbocycles. The van der Waals surface area contributed by atoms with Gasteiger partial charge >= 0.3 is 88.7 Å². The van der Waals surface area contributed by atoms with Crippen molar-refractivity contribution >= 4 is 85.3 Å². The summed E-state index contributed by atoms with van der Waals surface area (Å²) >= 11 is 9.19. The molecular weight excluding hydrogens is 1010 g/mol. The molecular formula is C49H59ClN3Na3O11S3. The first kappa shape index (κ1) is 63.6. The van der Waals surface area contributed by atoms with E-state index in [1.807, 2.05) is 12.1 Å². The molecule has 0 N–H and O–H groups in total. The van der Waals surface area contributed by atoms with Gasteiger partial charge in [0, 0.05) is 119 Å². The van der Waals surface area contributed by atoms with Crippen LogP contribution in [0.3, 0.4) is 0 Å². The van der Waals surface area contributed by atoms with Crippen molar-refractivity contribution in [3.8, 4) is 0 Å². The minimum Gasteiger partial charge on any atom is -0.748 e. The van der Waals surface area contributed by atoms with Crippen molar-refractivity contribution < 1.29 is 145 Å². The number of fused-ring (bicyclic) bond motifs is 4. The number of anilines is 2. The summed E-state index contributed by atoms with van der Waals surface area (Å²) in [4.78, 5) is 15.4. The number of unbranched alkanes of at least 4 members (excludes halogenated alkanes) is 2. The molecule has 14 nitrogen and oxygen atoms in total. The molecule has 3 aliphatic rings. The minimum atomic E-state index is -4.43. The van der Waals surface area contributed by atoms with Crippen molar-refractivity contribution in [2.24, 2.45) is 0 Å².